The van der Waals surface area contributed by atoms with Gasteiger partial charge in [-0.15, -0.1) is 0 Å². The zero-order valence-corrected chi connectivity index (χ0v) is 20.0. The molecule has 2 unspecified atom stereocenters. The van der Waals surface area contributed by atoms with Gasteiger partial charge < -0.3 is 14.2 Å². The lowest BCUT2D eigenvalue weighted by Crippen LogP contribution is -2.40. The van der Waals surface area contributed by atoms with Crippen LogP contribution in [0.15, 0.2) is 42.0 Å². The molecule has 32 heavy (non-hydrogen) atoms. The number of methoxy groups -OCH3 is 1. The molecular weight excluding hydrogens is 449 g/mol. The van der Waals surface area contributed by atoms with Gasteiger partial charge >= 0.3 is 5.97 Å². The standard InChI is InChI=1S/C25H27Cl2NO4/c1-15-12-20(26)24(21(27)13-15)32-11-10-31-18-7-4-16(5-8-18)19-14-17-6-9-22(28(17)2)23(19)25(29)30-3/h4-5,7-8,12-13,17,22H,6,9-11,14H2,1-3H3. The molecule has 4 rings (SSSR count). The van der Waals surface area contributed by atoms with Gasteiger partial charge in [-0.25, -0.2) is 4.79 Å². The minimum absolute atomic E-state index is 0.129. The minimum atomic E-state index is -0.233. The molecule has 5 nitrogen and oxygen atoms in total. The molecule has 2 aliphatic rings. The third kappa shape index (κ3) is 4.61. The van der Waals surface area contributed by atoms with E-state index in [1.807, 2.05) is 43.3 Å². The second kappa shape index (κ2) is 9.74. The molecule has 2 bridgehead atoms. The first-order valence-electron chi connectivity index (χ1n) is 10.7. The van der Waals surface area contributed by atoms with Crippen LogP contribution in [0, 0.1) is 6.92 Å². The van der Waals surface area contributed by atoms with Gasteiger partial charge in [0.2, 0.25) is 0 Å². The van der Waals surface area contributed by atoms with Crippen molar-refractivity contribution in [2.45, 2.75) is 38.3 Å². The highest BCUT2D eigenvalue weighted by Crippen LogP contribution is 2.42. The fraction of sp³-hybridized carbons (Fsp3) is 0.400. The van der Waals surface area contributed by atoms with Gasteiger partial charge in [-0.2, -0.15) is 0 Å². The predicted octanol–water partition coefficient (Wildman–Crippen LogP) is 5.55. The molecule has 2 aromatic rings. The van der Waals surface area contributed by atoms with Crippen LogP contribution in [-0.2, 0) is 9.53 Å². The second-order valence-corrected chi connectivity index (χ2v) is 9.09. The maximum absolute atomic E-state index is 12.5. The molecule has 1 fully saturated rings. The minimum Gasteiger partial charge on any atom is -0.490 e. The van der Waals surface area contributed by atoms with E-state index in [1.165, 1.54) is 7.11 Å². The SMILES string of the molecule is COC(=O)C1=C(c2ccc(OCCOc3c(Cl)cc(C)cc3Cl)cc2)CC2CCC1N2C. The molecule has 0 aliphatic carbocycles. The Hall–Kier alpha value is -2.21. The molecule has 0 N–H and O–H groups in total. The van der Waals surface area contributed by atoms with Gasteiger partial charge in [0.25, 0.3) is 0 Å². The lowest BCUT2D eigenvalue weighted by Gasteiger charge is -2.34. The van der Waals surface area contributed by atoms with Crippen molar-refractivity contribution in [1.29, 1.82) is 0 Å². The summed E-state index contributed by atoms with van der Waals surface area (Å²) in [5.41, 5.74) is 3.89. The van der Waals surface area contributed by atoms with Crippen molar-refractivity contribution in [3.05, 3.63) is 63.1 Å². The summed E-state index contributed by atoms with van der Waals surface area (Å²) >= 11 is 12.4. The monoisotopic (exact) mass is 475 g/mol. The van der Waals surface area contributed by atoms with E-state index in [2.05, 4.69) is 11.9 Å². The number of hydrogen-bond donors (Lipinski definition) is 0. The van der Waals surface area contributed by atoms with Crippen LogP contribution in [0.5, 0.6) is 11.5 Å². The molecule has 1 saturated heterocycles. The zero-order chi connectivity index (χ0) is 22.8. The highest BCUT2D eigenvalue weighted by molar-refractivity contribution is 6.37. The summed E-state index contributed by atoms with van der Waals surface area (Å²) < 4.78 is 16.6. The lowest BCUT2D eigenvalue weighted by molar-refractivity contribution is -0.136. The van der Waals surface area contributed by atoms with Crippen molar-refractivity contribution in [2.24, 2.45) is 0 Å². The average Bonchev–Trinajstić information content (AvgIpc) is 3.00. The molecule has 0 aromatic heterocycles. The molecule has 2 aromatic carbocycles. The predicted molar refractivity (Wildman–Crippen MR) is 127 cm³/mol. The third-order valence-corrected chi connectivity index (χ3v) is 6.85. The summed E-state index contributed by atoms with van der Waals surface area (Å²) in [7, 11) is 3.54. The number of esters is 1. The topological polar surface area (TPSA) is 48.0 Å². The van der Waals surface area contributed by atoms with Crippen LogP contribution in [0.3, 0.4) is 0 Å². The molecule has 0 amide bonds. The maximum atomic E-state index is 12.5. The van der Waals surface area contributed by atoms with Crippen molar-refractivity contribution in [1.82, 2.24) is 4.90 Å². The number of halogens is 2. The molecule has 0 spiro atoms. The fourth-order valence-corrected chi connectivity index (χ4v) is 5.38. The number of aryl methyl sites for hydroxylation is 1. The third-order valence-electron chi connectivity index (χ3n) is 6.29. The summed E-state index contributed by atoms with van der Waals surface area (Å²) in [5.74, 6) is 0.967. The number of carbonyl (C=O) groups excluding carboxylic acids is 1. The van der Waals surface area contributed by atoms with Gasteiger partial charge in [-0.05, 0) is 74.2 Å². The Morgan fingerprint density at radius 3 is 2.38 bits per heavy atom. The maximum Gasteiger partial charge on any atom is 0.335 e. The lowest BCUT2D eigenvalue weighted by atomic mass is 9.88. The summed E-state index contributed by atoms with van der Waals surface area (Å²) in [6.07, 6.45) is 2.94. The highest BCUT2D eigenvalue weighted by Gasteiger charge is 2.42. The zero-order valence-electron chi connectivity index (χ0n) is 18.5. The smallest absolute Gasteiger partial charge is 0.335 e. The fourth-order valence-electron chi connectivity index (χ4n) is 4.68. The van der Waals surface area contributed by atoms with Gasteiger partial charge in [-0.3, -0.25) is 4.90 Å². The Bertz CT molecular complexity index is 1010. The molecule has 7 heteroatoms. The number of fused-ring (bicyclic) bond motifs is 2. The van der Waals surface area contributed by atoms with Crippen LogP contribution >= 0.6 is 23.2 Å². The van der Waals surface area contributed by atoms with Crippen LogP contribution in [-0.4, -0.2) is 50.3 Å². The number of carbonyl (C=O) groups is 1. The van der Waals surface area contributed by atoms with Crippen LogP contribution < -0.4 is 9.47 Å². The van der Waals surface area contributed by atoms with Gasteiger partial charge in [0, 0.05) is 12.1 Å². The molecule has 2 heterocycles. The van der Waals surface area contributed by atoms with Crippen LogP contribution in [0.1, 0.15) is 30.4 Å². The number of benzene rings is 2. The van der Waals surface area contributed by atoms with Crippen molar-refractivity contribution in [3.8, 4) is 11.5 Å². The van der Waals surface area contributed by atoms with E-state index in [9.17, 15) is 4.79 Å². The van der Waals surface area contributed by atoms with Crippen LogP contribution in [0.2, 0.25) is 10.0 Å². The number of nitrogens with zero attached hydrogens (tertiary/aromatic N) is 1. The summed E-state index contributed by atoms with van der Waals surface area (Å²) in [4.78, 5) is 14.8. The summed E-state index contributed by atoms with van der Waals surface area (Å²) in [6, 6.07) is 12.1. The number of hydrogen-bond acceptors (Lipinski definition) is 5. The Kier molecular flexibility index (Phi) is 6.99. The Morgan fingerprint density at radius 1 is 1.06 bits per heavy atom. The molecule has 2 aliphatic heterocycles. The number of ether oxygens (including phenoxy) is 3. The molecule has 170 valence electrons. The number of likely N-dealkylation sites (N-methyl/N-ethyl adjacent to an activating group) is 1. The second-order valence-electron chi connectivity index (χ2n) is 8.28. The first-order valence-corrected chi connectivity index (χ1v) is 11.5. The van der Waals surface area contributed by atoms with E-state index in [-0.39, 0.29) is 12.0 Å². The van der Waals surface area contributed by atoms with E-state index in [0.29, 0.717) is 35.1 Å². The van der Waals surface area contributed by atoms with E-state index >= 15 is 0 Å². The van der Waals surface area contributed by atoms with E-state index in [1.54, 1.807) is 0 Å². The Balaban J connectivity index is 1.41. The van der Waals surface area contributed by atoms with Gasteiger partial charge in [-0.1, -0.05) is 35.3 Å². The van der Waals surface area contributed by atoms with Crippen molar-refractivity contribution in [3.63, 3.8) is 0 Å². The van der Waals surface area contributed by atoms with Crippen molar-refractivity contribution >= 4 is 34.7 Å². The Labute approximate surface area is 198 Å². The summed E-state index contributed by atoms with van der Waals surface area (Å²) in [6.45, 7) is 2.59. The van der Waals surface area contributed by atoms with Gasteiger partial charge in [0.1, 0.15) is 19.0 Å². The van der Waals surface area contributed by atoms with Crippen LogP contribution in [0.4, 0.5) is 0 Å². The average molecular weight is 476 g/mol. The van der Waals surface area contributed by atoms with Gasteiger partial charge in [0.05, 0.1) is 22.7 Å². The highest BCUT2D eigenvalue weighted by atomic mass is 35.5. The first-order chi connectivity index (χ1) is 15.4. The van der Waals surface area contributed by atoms with E-state index in [4.69, 9.17) is 37.4 Å². The molecule has 0 saturated carbocycles. The molecule has 2 atom stereocenters. The van der Waals surface area contributed by atoms with E-state index in [0.717, 1.165) is 47.3 Å². The Morgan fingerprint density at radius 2 is 1.72 bits per heavy atom. The molecule has 0 radical (unpaired) electrons. The van der Waals surface area contributed by atoms with Crippen LogP contribution in [0.25, 0.3) is 5.57 Å². The van der Waals surface area contributed by atoms with Crippen molar-refractivity contribution in [2.75, 3.05) is 27.4 Å². The number of rotatable bonds is 7. The van der Waals surface area contributed by atoms with Crippen molar-refractivity contribution < 1.29 is 19.0 Å². The van der Waals surface area contributed by atoms with E-state index < -0.39 is 0 Å². The summed E-state index contributed by atoms with van der Waals surface area (Å²) in [5, 5.41) is 0.974. The quantitative estimate of drug-likeness (QED) is 0.387. The first kappa shape index (κ1) is 23.0. The normalized spacial score (nSPS) is 20.4. The van der Waals surface area contributed by atoms with Gasteiger partial charge in [0.15, 0.2) is 5.75 Å². The largest absolute Gasteiger partial charge is 0.490 e. The molecular formula is C25H27Cl2NO4.